The summed E-state index contributed by atoms with van der Waals surface area (Å²) >= 11 is 5.35. The van der Waals surface area contributed by atoms with Crippen molar-refractivity contribution in [3.05, 3.63) is 53.7 Å². The first-order chi connectivity index (χ1) is 14.9. The zero-order valence-corrected chi connectivity index (χ0v) is 17.6. The van der Waals surface area contributed by atoms with E-state index in [4.69, 9.17) is 12.2 Å². The van der Waals surface area contributed by atoms with Gasteiger partial charge in [0.2, 0.25) is 0 Å². The summed E-state index contributed by atoms with van der Waals surface area (Å²) in [5.41, 5.74) is -3.90. The number of piperidine rings is 1. The molecular formula is C21H21F6N3OS. The van der Waals surface area contributed by atoms with Gasteiger partial charge in [-0.05, 0) is 49.2 Å². The number of aromatic nitrogens is 1. The number of rotatable bonds is 4. The molecule has 2 N–H and O–H groups in total. The van der Waals surface area contributed by atoms with Crippen LogP contribution in [0, 0.1) is 0 Å². The van der Waals surface area contributed by atoms with Crippen LogP contribution in [-0.4, -0.2) is 39.2 Å². The van der Waals surface area contributed by atoms with Crippen molar-refractivity contribution >= 4 is 28.2 Å². The van der Waals surface area contributed by atoms with Crippen molar-refractivity contribution < 1.29 is 31.4 Å². The molecule has 0 amide bonds. The van der Waals surface area contributed by atoms with E-state index in [9.17, 15) is 31.4 Å². The average Bonchev–Trinajstić information content (AvgIpc) is 2.74. The summed E-state index contributed by atoms with van der Waals surface area (Å²) in [5.74, 6) is 0. The van der Waals surface area contributed by atoms with Crippen LogP contribution in [0.1, 0.15) is 42.2 Å². The molecule has 0 aliphatic carbocycles. The van der Waals surface area contributed by atoms with Crippen LogP contribution in [0.25, 0.3) is 10.9 Å². The van der Waals surface area contributed by atoms with Gasteiger partial charge < -0.3 is 15.3 Å². The highest BCUT2D eigenvalue weighted by molar-refractivity contribution is 7.80. The van der Waals surface area contributed by atoms with Crippen LogP contribution < -0.4 is 5.32 Å². The first-order valence-electron chi connectivity index (χ1n) is 9.86. The van der Waals surface area contributed by atoms with Crippen LogP contribution in [-0.2, 0) is 12.4 Å². The Morgan fingerprint density at radius 2 is 1.97 bits per heavy atom. The number of nitrogens with one attached hydrogen (secondary N) is 1. The van der Waals surface area contributed by atoms with Gasteiger partial charge in [-0.1, -0.05) is 18.2 Å². The van der Waals surface area contributed by atoms with Gasteiger partial charge in [-0.3, -0.25) is 0 Å². The number of nitrogens with zero attached hydrogens (tertiary/aromatic N) is 2. The van der Waals surface area contributed by atoms with Gasteiger partial charge in [-0.15, -0.1) is 6.58 Å². The Kier molecular flexibility index (Phi) is 6.99. The lowest BCUT2D eigenvalue weighted by atomic mass is 9.90. The molecule has 1 saturated heterocycles. The van der Waals surface area contributed by atoms with Gasteiger partial charge in [0.05, 0.1) is 17.1 Å². The van der Waals surface area contributed by atoms with Crippen LogP contribution in [0.15, 0.2) is 36.9 Å². The standard InChI is InChI=1S/C21H21F6N3OS/c1-2-9-28-19(32)30-10-4-3-8-15(30)18(31)13-11-16(21(25,26)27)29-17-12(13)6-5-7-14(17)20(22,23)24/h2,5-7,11,15,18,31H,1,3-4,8-10H2,(H,28,32)/t15-,18+/m1/s1. The van der Waals surface area contributed by atoms with Gasteiger partial charge in [-0.25, -0.2) is 4.98 Å². The largest absolute Gasteiger partial charge is 0.433 e. The highest BCUT2D eigenvalue weighted by atomic mass is 32.1. The lowest BCUT2D eigenvalue weighted by Gasteiger charge is -2.40. The first kappa shape index (κ1) is 24.2. The molecule has 2 atom stereocenters. The Labute approximate surface area is 185 Å². The van der Waals surface area contributed by atoms with Crippen LogP contribution in [0.3, 0.4) is 0 Å². The molecule has 1 aliphatic rings. The van der Waals surface area contributed by atoms with E-state index in [2.05, 4.69) is 16.9 Å². The van der Waals surface area contributed by atoms with Crippen molar-refractivity contribution in [1.29, 1.82) is 0 Å². The van der Waals surface area contributed by atoms with Gasteiger partial charge in [0.1, 0.15) is 11.8 Å². The van der Waals surface area contributed by atoms with E-state index in [1.807, 2.05) is 0 Å². The number of para-hydroxylation sites is 1. The van der Waals surface area contributed by atoms with Crippen molar-refractivity contribution in [2.45, 2.75) is 43.8 Å². The molecule has 174 valence electrons. The molecule has 0 radical (unpaired) electrons. The van der Waals surface area contributed by atoms with Crippen molar-refractivity contribution in [3.63, 3.8) is 0 Å². The summed E-state index contributed by atoms with van der Waals surface area (Å²) in [4.78, 5) is 4.94. The molecule has 0 unspecified atom stereocenters. The number of alkyl halides is 6. The van der Waals surface area contributed by atoms with Gasteiger partial charge in [0, 0.05) is 18.5 Å². The fourth-order valence-corrected chi connectivity index (χ4v) is 4.21. The van der Waals surface area contributed by atoms with E-state index in [0.29, 0.717) is 43.2 Å². The molecule has 3 rings (SSSR count). The number of hydrogen-bond donors (Lipinski definition) is 2. The van der Waals surface area contributed by atoms with E-state index in [0.717, 1.165) is 12.5 Å². The number of thiocarbonyl (C=S) groups is 1. The smallest absolute Gasteiger partial charge is 0.386 e. The zero-order valence-electron chi connectivity index (χ0n) is 16.8. The maximum atomic E-state index is 13.5. The Balaban J connectivity index is 2.15. The molecule has 0 spiro atoms. The third-order valence-corrected chi connectivity index (χ3v) is 5.74. The molecule has 1 aliphatic heterocycles. The molecule has 0 bridgehead atoms. The monoisotopic (exact) mass is 477 g/mol. The summed E-state index contributed by atoms with van der Waals surface area (Å²) in [6.07, 6.45) is -8.00. The molecule has 0 saturated carbocycles. The minimum Gasteiger partial charge on any atom is -0.386 e. The average molecular weight is 477 g/mol. The van der Waals surface area contributed by atoms with Crippen LogP contribution in [0.2, 0.25) is 0 Å². The number of halogens is 6. The van der Waals surface area contributed by atoms with E-state index in [1.165, 1.54) is 6.07 Å². The molecule has 4 nitrogen and oxygen atoms in total. The second-order valence-corrected chi connectivity index (χ2v) is 7.86. The fraction of sp³-hybridized carbons (Fsp3) is 0.429. The highest BCUT2D eigenvalue weighted by Crippen LogP contribution is 2.40. The quantitative estimate of drug-likeness (QED) is 0.359. The van der Waals surface area contributed by atoms with Crippen molar-refractivity contribution in [2.24, 2.45) is 0 Å². The number of likely N-dealkylation sites (tertiary alicyclic amines) is 1. The fourth-order valence-electron chi connectivity index (χ4n) is 3.90. The van der Waals surface area contributed by atoms with E-state index in [1.54, 1.807) is 11.0 Å². The number of aliphatic hydroxyl groups excluding tert-OH is 1. The predicted molar refractivity (Wildman–Crippen MR) is 112 cm³/mol. The SMILES string of the molecule is C=CCNC(=S)N1CCCC[C@@H]1[C@@H](O)c1cc(C(F)(F)F)nc2c(C(F)(F)F)cccc12. The van der Waals surface area contributed by atoms with Crippen LogP contribution >= 0.6 is 12.2 Å². The van der Waals surface area contributed by atoms with Gasteiger partial charge in [-0.2, -0.15) is 26.3 Å². The highest BCUT2D eigenvalue weighted by Gasteiger charge is 2.39. The second-order valence-electron chi connectivity index (χ2n) is 7.47. The Morgan fingerprint density at radius 3 is 2.59 bits per heavy atom. The molecule has 1 fully saturated rings. The lowest BCUT2D eigenvalue weighted by Crippen LogP contribution is -2.50. The van der Waals surface area contributed by atoms with Crippen LogP contribution in [0.5, 0.6) is 0 Å². The topological polar surface area (TPSA) is 48.4 Å². The number of fused-ring (bicyclic) bond motifs is 1. The summed E-state index contributed by atoms with van der Waals surface area (Å²) < 4.78 is 81.0. The number of hydrogen-bond acceptors (Lipinski definition) is 3. The molecule has 1 aromatic heterocycles. The Hall–Kier alpha value is -2.40. The predicted octanol–water partition coefficient (Wildman–Crippen LogP) is 5.22. The normalized spacial score (nSPS) is 18.5. The molecule has 11 heteroatoms. The molecule has 32 heavy (non-hydrogen) atoms. The maximum Gasteiger partial charge on any atom is 0.433 e. The van der Waals surface area contributed by atoms with E-state index in [-0.39, 0.29) is 10.9 Å². The minimum atomic E-state index is -4.99. The molecule has 2 heterocycles. The summed E-state index contributed by atoms with van der Waals surface area (Å²) in [6.45, 7) is 4.38. The minimum absolute atomic E-state index is 0.184. The van der Waals surface area contributed by atoms with Gasteiger partial charge in [0.15, 0.2) is 5.11 Å². The Morgan fingerprint density at radius 1 is 1.25 bits per heavy atom. The lowest BCUT2D eigenvalue weighted by molar-refractivity contribution is -0.142. The van der Waals surface area contributed by atoms with Gasteiger partial charge >= 0.3 is 12.4 Å². The van der Waals surface area contributed by atoms with Crippen molar-refractivity contribution in [2.75, 3.05) is 13.1 Å². The van der Waals surface area contributed by atoms with E-state index >= 15 is 0 Å². The maximum absolute atomic E-state index is 13.5. The Bertz CT molecular complexity index is 1010. The zero-order chi connectivity index (χ0) is 23.7. The summed E-state index contributed by atoms with van der Waals surface area (Å²) in [6, 6.07) is 2.91. The number of aliphatic hydroxyl groups is 1. The molecule has 2 aromatic rings. The third kappa shape index (κ3) is 4.98. The third-order valence-electron chi connectivity index (χ3n) is 5.36. The second kappa shape index (κ2) is 9.22. The number of benzene rings is 1. The number of pyridine rings is 1. The van der Waals surface area contributed by atoms with Crippen molar-refractivity contribution in [3.8, 4) is 0 Å². The van der Waals surface area contributed by atoms with E-state index < -0.39 is 41.3 Å². The molecule has 1 aromatic carbocycles. The van der Waals surface area contributed by atoms with Gasteiger partial charge in [0.25, 0.3) is 0 Å². The van der Waals surface area contributed by atoms with Crippen LogP contribution in [0.4, 0.5) is 26.3 Å². The summed E-state index contributed by atoms with van der Waals surface area (Å²) in [5, 5.41) is 14.2. The summed E-state index contributed by atoms with van der Waals surface area (Å²) in [7, 11) is 0. The molecular weight excluding hydrogens is 456 g/mol. The van der Waals surface area contributed by atoms with Crippen molar-refractivity contribution in [1.82, 2.24) is 15.2 Å². The first-order valence-corrected chi connectivity index (χ1v) is 10.3.